The van der Waals surface area contributed by atoms with Crippen LogP contribution in [0.1, 0.15) is 38.2 Å². The van der Waals surface area contributed by atoms with Gasteiger partial charge in [0.2, 0.25) is 0 Å². The lowest BCUT2D eigenvalue weighted by Crippen LogP contribution is -2.10. The van der Waals surface area contributed by atoms with Crippen molar-refractivity contribution in [2.45, 2.75) is 43.2 Å². The number of hydrogen-bond acceptors (Lipinski definition) is 3. The highest BCUT2D eigenvalue weighted by atomic mass is 32.2. The van der Waals surface area contributed by atoms with Gasteiger partial charge in [-0.25, -0.2) is 0 Å². The van der Waals surface area contributed by atoms with Crippen molar-refractivity contribution in [3.8, 4) is 0 Å². The van der Waals surface area contributed by atoms with Gasteiger partial charge in [-0.05, 0) is 36.5 Å². The lowest BCUT2D eigenvalue weighted by molar-refractivity contribution is 0.353. The molecular formula is C12H19O6PS. The predicted octanol–water partition coefficient (Wildman–Crippen LogP) is 2.38. The van der Waals surface area contributed by atoms with E-state index in [-0.39, 0.29) is 10.8 Å². The Labute approximate surface area is 118 Å². The predicted molar refractivity (Wildman–Crippen MR) is 75.4 cm³/mol. The highest BCUT2D eigenvalue weighted by molar-refractivity contribution is 7.85. The van der Waals surface area contributed by atoms with Crippen LogP contribution in [-0.2, 0) is 14.7 Å². The average molecular weight is 322 g/mol. The van der Waals surface area contributed by atoms with E-state index in [0.29, 0.717) is 12.8 Å². The van der Waals surface area contributed by atoms with Crippen LogP contribution in [-0.4, -0.2) is 28.4 Å². The Bertz CT molecular complexity index is 589. The lowest BCUT2D eigenvalue weighted by atomic mass is 9.92. The fraction of sp³-hybridized carbons (Fsp3) is 0.500. The molecule has 0 aliphatic heterocycles. The topological polar surface area (TPSA) is 112 Å². The molecule has 1 aromatic carbocycles. The van der Waals surface area contributed by atoms with Gasteiger partial charge < -0.3 is 9.79 Å². The second kappa shape index (κ2) is 6.37. The van der Waals surface area contributed by atoms with Crippen LogP contribution >= 0.6 is 7.60 Å². The Morgan fingerprint density at radius 1 is 1.20 bits per heavy atom. The minimum atomic E-state index is -4.22. The number of hydrogen-bond donors (Lipinski definition) is 3. The van der Waals surface area contributed by atoms with E-state index < -0.39 is 23.4 Å². The minimum absolute atomic E-state index is 0.0759. The maximum Gasteiger partial charge on any atom is 0.328 e. The molecule has 3 N–H and O–H groups in total. The summed E-state index contributed by atoms with van der Waals surface area (Å²) < 4.78 is 42.0. The zero-order chi connectivity index (χ0) is 15.6. The molecule has 2 atom stereocenters. The van der Waals surface area contributed by atoms with Gasteiger partial charge >= 0.3 is 7.60 Å². The van der Waals surface area contributed by atoms with E-state index in [1.54, 1.807) is 12.1 Å². The average Bonchev–Trinajstić information content (AvgIpc) is 2.33. The van der Waals surface area contributed by atoms with Crippen molar-refractivity contribution in [2.24, 2.45) is 0 Å². The molecule has 0 saturated heterocycles. The van der Waals surface area contributed by atoms with Gasteiger partial charge in [0.15, 0.2) is 0 Å². The third-order valence-corrected chi connectivity index (χ3v) is 5.57. The fourth-order valence-electron chi connectivity index (χ4n) is 2.00. The first-order valence-corrected chi connectivity index (χ1v) is 9.30. The Kier molecular flexibility index (Phi) is 5.52. The summed E-state index contributed by atoms with van der Waals surface area (Å²) in [6.07, 6.45) is 0.988. The smallest absolute Gasteiger partial charge is 0.324 e. The molecule has 0 radical (unpaired) electrons. The summed E-state index contributed by atoms with van der Waals surface area (Å²) in [4.78, 5) is 18.1. The first-order valence-electron chi connectivity index (χ1n) is 6.18. The summed E-state index contributed by atoms with van der Waals surface area (Å²) in [6, 6.07) is 5.69. The zero-order valence-corrected chi connectivity index (χ0v) is 13.0. The van der Waals surface area contributed by atoms with E-state index >= 15 is 0 Å². The summed E-state index contributed by atoms with van der Waals surface area (Å²) >= 11 is 0. The van der Waals surface area contributed by atoms with E-state index in [0.717, 1.165) is 5.56 Å². The van der Waals surface area contributed by atoms with Crippen molar-refractivity contribution in [3.05, 3.63) is 29.8 Å². The largest absolute Gasteiger partial charge is 0.328 e. The maximum absolute atomic E-state index is 11.2. The molecule has 8 heteroatoms. The highest BCUT2D eigenvalue weighted by Crippen LogP contribution is 2.45. The summed E-state index contributed by atoms with van der Waals surface area (Å²) in [5.74, 6) is -0.0759. The number of rotatable bonds is 6. The van der Waals surface area contributed by atoms with Crippen LogP contribution in [0.3, 0.4) is 0 Å². The van der Waals surface area contributed by atoms with Crippen LogP contribution in [0.2, 0.25) is 0 Å². The van der Waals surface area contributed by atoms with E-state index in [1.165, 1.54) is 19.1 Å². The number of benzene rings is 1. The van der Waals surface area contributed by atoms with Crippen LogP contribution < -0.4 is 0 Å². The Morgan fingerprint density at radius 2 is 1.70 bits per heavy atom. The fourth-order valence-corrected chi connectivity index (χ4v) is 3.01. The Morgan fingerprint density at radius 3 is 2.05 bits per heavy atom. The van der Waals surface area contributed by atoms with Gasteiger partial charge in [-0.1, -0.05) is 26.0 Å². The van der Waals surface area contributed by atoms with Crippen molar-refractivity contribution in [3.63, 3.8) is 0 Å². The van der Waals surface area contributed by atoms with Gasteiger partial charge in [-0.2, -0.15) is 8.42 Å². The van der Waals surface area contributed by atoms with E-state index in [9.17, 15) is 13.0 Å². The van der Waals surface area contributed by atoms with Crippen LogP contribution in [0.4, 0.5) is 0 Å². The Balaban J connectivity index is 2.94. The van der Waals surface area contributed by atoms with E-state index in [2.05, 4.69) is 0 Å². The second-order valence-corrected chi connectivity index (χ2v) is 8.30. The summed E-state index contributed by atoms with van der Waals surface area (Å²) in [6.45, 7) is 3.39. The van der Waals surface area contributed by atoms with E-state index in [4.69, 9.17) is 14.3 Å². The monoisotopic (exact) mass is 322 g/mol. The zero-order valence-electron chi connectivity index (χ0n) is 11.3. The molecule has 0 heterocycles. The van der Waals surface area contributed by atoms with Crippen LogP contribution in [0.25, 0.3) is 0 Å². The van der Waals surface area contributed by atoms with Gasteiger partial charge in [-0.15, -0.1) is 0 Å². The molecule has 0 aliphatic rings. The van der Waals surface area contributed by atoms with Gasteiger partial charge in [0.1, 0.15) is 0 Å². The van der Waals surface area contributed by atoms with Crippen LogP contribution in [0, 0.1) is 0 Å². The highest BCUT2D eigenvalue weighted by Gasteiger charge is 2.27. The molecule has 0 aromatic heterocycles. The molecular weight excluding hydrogens is 303 g/mol. The molecule has 0 fully saturated rings. The summed E-state index contributed by atoms with van der Waals surface area (Å²) in [7, 11) is -8.34. The van der Waals surface area contributed by atoms with Crippen LogP contribution in [0.5, 0.6) is 0 Å². The normalized spacial score (nSPS) is 15.8. The molecule has 114 valence electrons. The standard InChI is InChI=1S/C12H19O6PS/c1-3-10(8-9(2)19(13,14)15)11-4-6-12(7-5-11)20(16,17)18/h4-7,9-10H,3,8H2,1-2H3,(H2,13,14,15)(H,16,17,18). The third kappa shape index (κ3) is 4.68. The van der Waals surface area contributed by atoms with Gasteiger partial charge in [-0.3, -0.25) is 9.12 Å². The third-order valence-electron chi connectivity index (χ3n) is 3.34. The lowest BCUT2D eigenvalue weighted by Gasteiger charge is -2.21. The van der Waals surface area contributed by atoms with E-state index in [1.807, 2.05) is 6.92 Å². The van der Waals surface area contributed by atoms with Gasteiger partial charge in [0, 0.05) is 0 Å². The second-order valence-electron chi connectivity index (χ2n) is 4.82. The maximum atomic E-state index is 11.2. The minimum Gasteiger partial charge on any atom is -0.324 e. The summed E-state index contributed by atoms with van der Waals surface area (Å²) in [5, 5.41) is 0. The molecule has 6 nitrogen and oxygen atoms in total. The molecule has 0 saturated carbocycles. The first kappa shape index (κ1) is 17.3. The van der Waals surface area contributed by atoms with Crippen molar-refractivity contribution in [1.29, 1.82) is 0 Å². The molecule has 0 aliphatic carbocycles. The summed E-state index contributed by atoms with van der Waals surface area (Å²) in [5.41, 5.74) is 0.0360. The first-order chi connectivity index (χ1) is 9.05. The van der Waals surface area contributed by atoms with Crippen molar-refractivity contribution in [1.82, 2.24) is 0 Å². The van der Waals surface area contributed by atoms with Gasteiger partial charge in [0.25, 0.3) is 10.1 Å². The quantitative estimate of drug-likeness (QED) is 0.547. The van der Waals surface area contributed by atoms with Crippen molar-refractivity contribution < 1.29 is 27.3 Å². The van der Waals surface area contributed by atoms with Crippen molar-refractivity contribution in [2.75, 3.05) is 0 Å². The van der Waals surface area contributed by atoms with Crippen LogP contribution in [0.15, 0.2) is 29.2 Å². The molecule has 0 amide bonds. The van der Waals surface area contributed by atoms with Crippen molar-refractivity contribution >= 4 is 17.7 Å². The molecule has 1 aromatic rings. The molecule has 2 unspecified atom stereocenters. The molecule has 0 bridgehead atoms. The Hall–Kier alpha value is -0.720. The SMILES string of the molecule is CCC(CC(C)P(=O)(O)O)c1ccc(S(=O)(=O)O)cc1. The molecule has 0 spiro atoms. The van der Waals surface area contributed by atoms with Gasteiger partial charge in [0.05, 0.1) is 10.6 Å². The molecule has 20 heavy (non-hydrogen) atoms. The molecule has 1 rings (SSSR count).